The lowest BCUT2D eigenvalue weighted by molar-refractivity contribution is -0.119. The van der Waals surface area contributed by atoms with Gasteiger partial charge in [-0.05, 0) is 49.2 Å². The summed E-state index contributed by atoms with van der Waals surface area (Å²) in [6, 6.07) is 9.24. The van der Waals surface area contributed by atoms with Crippen LogP contribution in [0, 0.1) is 13.8 Å². The summed E-state index contributed by atoms with van der Waals surface area (Å²) in [5, 5.41) is 2.21. The molecule has 0 saturated carbocycles. The highest BCUT2D eigenvalue weighted by atomic mass is 32.1. The van der Waals surface area contributed by atoms with Crippen LogP contribution in [0.4, 0.5) is 0 Å². The fourth-order valence-electron chi connectivity index (χ4n) is 2.96. The molecular weight excluding hydrogens is 378 g/mol. The SMILES string of the molecule is Cc1cc(C)cc(OCC(=O)Nn2cnc3scc(-c4ccco4)c3c2=O)c1. The van der Waals surface area contributed by atoms with Gasteiger partial charge >= 0.3 is 0 Å². The van der Waals surface area contributed by atoms with Gasteiger partial charge in [-0.2, -0.15) is 0 Å². The molecule has 4 aromatic rings. The number of hydrogen-bond acceptors (Lipinski definition) is 6. The maximum absolute atomic E-state index is 12.8. The molecule has 0 aliphatic rings. The fraction of sp³-hybridized carbons (Fsp3) is 0.150. The van der Waals surface area contributed by atoms with E-state index in [-0.39, 0.29) is 12.2 Å². The molecule has 4 rings (SSSR count). The zero-order valence-electron chi connectivity index (χ0n) is 15.3. The van der Waals surface area contributed by atoms with Gasteiger partial charge < -0.3 is 9.15 Å². The van der Waals surface area contributed by atoms with E-state index in [1.54, 1.807) is 18.4 Å². The Hall–Kier alpha value is -3.39. The number of fused-ring (bicyclic) bond motifs is 1. The third-order valence-electron chi connectivity index (χ3n) is 4.09. The minimum absolute atomic E-state index is 0.220. The Labute approximate surface area is 164 Å². The number of ether oxygens (including phenoxy) is 1. The highest BCUT2D eigenvalue weighted by molar-refractivity contribution is 7.17. The highest BCUT2D eigenvalue weighted by Crippen LogP contribution is 2.30. The zero-order valence-corrected chi connectivity index (χ0v) is 16.1. The molecule has 0 atom stereocenters. The lowest BCUT2D eigenvalue weighted by atomic mass is 10.1. The second kappa shape index (κ2) is 7.32. The van der Waals surface area contributed by atoms with Gasteiger partial charge in [-0.1, -0.05) is 6.07 Å². The molecule has 0 fully saturated rings. The van der Waals surface area contributed by atoms with Crippen LogP contribution in [0.2, 0.25) is 0 Å². The van der Waals surface area contributed by atoms with E-state index in [1.807, 2.05) is 37.4 Å². The number of aromatic nitrogens is 2. The summed E-state index contributed by atoms with van der Waals surface area (Å²) in [5.41, 5.74) is 4.88. The Morgan fingerprint density at radius 1 is 1.29 bits per heavy atom. The van der Waals surface area contributed by atoms with Crippen LogP contribution in [-0.2, 0) is 4.79 Å². The van der Waals surface area contributed by atoms with Crippen LogP contribution in [0.5, 0.6) is 5.75 Å². The molecule has 1 amide bonds. The summed E-state index contributed by atoms with van der Waals surface area (Å²) in [6.45, 7) is 3.69. The molecule has 0 unspecified atom stereocenters. The molecule has 0 aliphatic heterocycles. The number of amides is 1. The van der Waals surface area contributed by atoms with Gasteiger partial charge in [-0.15, -0.1) is 11.3 Å². The number of benzene rings is 1. The Kier molecular flexibility index (Phi) is 4.70. The van der Waals surface area contributed by atoms with Gasteiger partial charge in [0.1, 0.15) is 22.7 Å². The van der Waals surface area contributed by atoms with Crippen molar-refractivity contribution in [3.8, 4) is 17.1 Å². The molecule has 0 bridgehead atoms. The molecule has 0 radical (unpaired) electrons. The van der Waals surface area contributed by atoms with E-state index in [9.17, 15) is 9.59 Å². The van der Waals surface area contributed by atoms with Crippen LogP contribution >= 0.6 is 11.3 Å². The lowest BCUT2D eigenvalue weighted by Gasteiger charge is -2.10. The van der Waals surface area contributed by atoms with Crippen LogP contribution in [0.3, 0.4) is 0 Å². The third-order valence-corrected chi connectivity index (χ3v) is 4.98. The number of nitrogens with one attached hydrogen (secondary N) is 1. The van der Waals surface area contributed by atoms with Crippen LogP contribution < -0.4 is 15.7 Å². The second-order valence-electron chi connectivity index (χ2n) is 6.37. The monoisotopic (exact) mass is 395 g/mol. The van der Waals surface area contributed by atoms with Crippen molar-refractivity contribution in [2.24, 2.45) is 0 Å². The molecule has 8 heteroatoms. The maximum atomic E-state index is 12.8. The number of carbonyl (C=O) groups excluding carboxylic acids is 1. The van der Waals surface area contributed by atoms with Gasteiger partial charge in [0.25, 0.3) is 11.5 Å². The minimum atomic E-state index is -0.461. The van der Waals surface area contributed by atoms with E-state index in [1.165, 1.54) is 17.7 Å². The Bertz CT molecular complexity index is 1190. The molecule has 0 saturated heterocycles. The number of thiophene rings is 1. The molecule has 3 aromatic heterocycles. The topological polar surface area (TPSA) is 86.4 Å². The van der Waals surface area contributed by atoms with Crippen molar-refractivity contribution in [3.05, 3.63) is 69.8 Å². The van der Waals surface area contributed by atoms with Crippen molar-refractivity contribution in [2.45, 2.75) is 13.8 Å². The smallest absolute Gasteiger partial charge is 0.281 e. The third kappa shape index (κ3) is 3.54. The first kappa shape index (κ1) is 18.0. The van der Waals surface area contributed by atoms with Gasteiger partial charge in [0.05, 0.1) is 11.6 Å². The zero-order chi connectivity index (χ0) is 19.7. The first-order chi connectivity index (χ1) is 13.5. The number of hydrogen-bond donors (Lipinski definition) is 1. The standard InChI is InChI=1S/C20H17N3O4S/c1-12-6-13(2)8-14(7-12)27-9-17(24)22-23-11-21-19-18(20(23)25)15(10-28-19)16-4-3-5-26-16/h3-8,10-11H,9H2,1-2H3,(H,22,24). The summed E-state index contributed by atoms with van der Waals surface area (Å²) in [5.74, 6) is 0.719. The quantitative estimate of drug-likeness (QED) is 0.559. The van der Waals surface area contributed by atoms with E-state index in [4.69, 9.17) is 9.15 Å². The molecule has 0 aliphatic carbocycles. The van der Waals surface area contributed by atoms with Crippen LogP contribution in [0.25, 0.3) is 21.5 Å². The first-order valence-electron chi connectivity index (χ1n) is 8.55. The number of furan rings is 1. The van der Waals surface area contributed by atoms with Crippen molar-refractivity contribution in [1.29, 1.82) is 0 Å². The molecule has 0 spiro atoms. The van der Waals surface area contributed by atoms with E-state index >= 15 is 0 Å². The predicted octanol–water partition coefficient (Wildman–Crippen LogP) is 3.48. The lowest BCUT2D eigenvalue weighted by Crippen LogP contribution is -2.35. The predicted molar refractivity (Wildman–Crippen MR) is 107 cm³/mol. The average molecular weight is 395 g/mol. The molecule has 3 heterocycles. The molecule has 7 nitrogen and oxygen atoms in total. The van der Waals surface area contributed by atoms with Gasteiger partial charge in [0.15, 0.2) is 6.61 Å². The van der Waals surface area contributed by atoms with Crippen LogP contribution in [0.15, 0.2) is 57.5 Å². The van der Waals surface area contributed by atoms with E-state index in [0.29, 0.717) is 27.3 Å². The Balaban J connectivity index is 1.54. The second-order valence-corrected chi connectivity index (χ2v) is 7.23. The van der Waals surface area contributed by atoms with Crippen molar-refractivity contribution < 1.29 is 13.9 Å². The number of carbonyl (C=O) groups is 1. The summed E-state index contributed by atoms with van der Waals surface area (Å²) < 4.78 is 12.0. The minimum Gasteiger partial charge on any atom is -0.484 e. The van der Waals surface area contributed by atoms with E-state index in [0.717, 1.165) is 15.8 Å². The van der Waals surface area contributed by atoms with Gasteiger partial charge in [-0.3, -0.25) is 15.0 Å². The molecule has 142 valence electrons. The van der Waals surface area contributed by atoms with Gasteiger partial charge in [0, 0.05) is 10.9 Å². The van der Waals surface area contributed by atoms with Crippen LogP contribution in [0.1, 0.15) is 11.1 Å². The number of aryl methyl sites for hydroxylation is 2. The Morgan fingerprint density at radius 2 is 2.07 bits per heavy atom. The maximum Gasteiger partial charge on any atom is 0.281 e. The largest absolute Gasteiger partial charge is 0.484 e. The number of nitrogens with zero attached hydrogens (tertiary/aromatic N) is 2. The normalized spacial score (nSPS) is 10.9. The van der Waals surface area contributed by atoms with Gasteiger partial charge in [-0.25, -0.2) is 9.66 Å². The molecular formula is C20H17N3O4S. The van der Waals surface area contributed by atoms with Crippen molar-refractivity contribution >= 4 is 27.5 Å². The fourth-order valence-corrected chi connectivity index (χ4v) is 3.84. The highest BCUT2D eigenvalue weighted by Gasteiger charge is 2.16. The Morgan fingerprint density at radius 3 is 2.79 bits per heavy atom. The van der Waals surface area contributed by atoms with Gasteiger partial charge in [0.2, 0.25) is 0 Å². The number of rotatable bonds is 5. The molecule has 1 aromatic carbocycles. The molecule has 28 heavy (non-hydrogen) atoms. The average Bonchev–Trinajstić information content (AvgIpc) is 3.31. The van der Waals surface area contributed by atoms with Crippen LogP contribution in [-0.4, -0.2) is 22.2 Å². The van der Waals surface area contributed by atoms with Crippen molar-refractivity contribution in [3.63, 3.8) is 0 Å². The first-order valence-corrected chi connectivity index (χ1v) is 9.43. The van der Waals surface area contributed by atoms with Crippen molar-refractivity contribution in [1.82, 2.24) is 9.66 Å². The van der Waals surface area contributed by atoms with E-state index in [2.05, 4.69) is 10.4 Å². The summed E-state index contributed by atoms with van der Waals surface area (Å²) in [7, 11) is 0. The molecule has 1 N–H and O–H groups in total. The van der Waals surface area contributed by atoms with Crippen molar-refractivity contribution in [2.75, 3.05) is 12.0 Å². The summed E-state index contributed by atoms with van der Waals surface area (Å²) in [4.78, 5) is 29.9. The summed E-state index contributed by atoms with van der Waals surface area (Å²) in [6.07, 6.45) is 2.83. The van der Waals surface area contributed by atoms with E-state index < -0.39 is 5.91 Å². The summed E-state index contributed by atoms with van der Waals surface area (Å²) >= 11 is 1.34.